The Morgan fingerprint density at radius 2 is 1.95 bits per heavy atom. The molecule has 1 aliphatic heterocycles. The first kappa shape index (κ1) is 23.6. The van der Waals surface area contributed by atoms with Crippen molar-refractivity contribution in [1.29, 1.82) is 0 Å². The number of nitrogens with zero attached hydrogens (tertiary/aromatic N) is 7. The number of aromatic amines is 1. The third kappa shape index (κ3) is 3.79. The van der Waals surface area contributed by atoms with E-state index in [2.05, 4.69) is 47.3 Å². The first-order valence-electron chi connectivity index (χ1n) is 12.6. The number of benzene rings is 1. The number of aromatic nitrogens is 7. The van der Waals surface area contributed by atoms with Gasteiger partial charge in [-0.15, -0.1) is 0 Å². The smallest absolute Gasteiger partial charge is 0.221 e. The molecule has 4 bridgehead atoms. The Morgan fingerprint density at radius 3 is 2.73 bits per heavy atom. The summed E-state index contributed by atoms with van der Waals surface area (Å²) in [4.78, 5) is 7.15. The summed E-state index contributed by atoms with van der Waals surface area (Å²) in [7, 11) is 3.98. The molecule has 37 heavy (non-hydrogen) atoms. The standard InChI is InChI=1S/C27H32N8O2/c1-14(13-36)35-23-12-33(5)11-15(2)37-27-24(16(3)31-34(27)6)22-10-20-25(17(4)28-22)29-30-26(20)18-7-8-21(32-35)19(23)9-18/h7-10,14-15,36H,11-13H2,1-6H3,(H,29,30). The fourth-order valence-electron chi connectivity index (χ4n) is 5.48. The summed E-state index contributed by atoms with van der Waals surface area (Å²) in [6.45, 7) is 9.39. The lowest BCUT2D eigenvalue weighted by Gasteiger charge is -2.24. The molecule has 2 unspecified atom stereocenters. The van der Waals surface area contributed by atoms with Crippen LogP contribution in [0.2, 0.25) is 0 Å². The first-order chi connectivity index (χ1) is 17.7. The van der Waals surface area contributed by atoms with Crippen LogP contribution in [-0.4, -0.2) is 71.1 Å². The van der Waals surface area contributed by atoms with Gasteiger partial charge < -0.3 is 9.84 Å². The maximum absolute atomic E-state index is 9.94. The Labute approximate surface area is 214 Å². The Morgan fingerprint density at radius 1 is 1.14 bits per heavy atom. The molecule has 2 N–H and O–H groups in total. The highest BCUT2D eigenvalue weighted by Gasteiger charge is 2.25. The van der Waals surface area contributed by atoms with Gasteiger partial charge in [-0.1, -0.05) is 6.07 Å². The largest absolute Gasteiger partial charge is 0.473 e. The molecule has 0 radical (unpaired) electrons. The fraction of sp³-hybridized carbons (Fsp3) is 0.407. The minimum Gasteiger partial charge on any atom is -0.473 e. The van der Waals surface area contributed by atoms with Gasteiger partial charge in [-0.05, 0) is 52.9 Å². The Kier molecular flexibility index (Phi) is 5.54. The molecule has 5 heterocycles. The first-order valence-corrected chi connectivity index (χ1v) is 12.6. The zero-order chi connectivity index (χ0) is 26.0. The molecule has 10 heteroatoms. The Hall–Kier alpha value is -3.76. The van der Waals surface area contributed by atoms with Crippen LogP contribution in [0.1, 0.15) is 37.0 Å². The number of rotatable bonds is 2. The van der Waals surface area contributed by atoms with Gasteiger partial charge in [-0.3, -0.25) is 19.7 Å². The van der Waals surface area contributed by atoms with Crippen LogP contribution >= 0.6 is 0 Å². The molecule has 0 saturated carbocycles. The number of hydrogen-bond donors (Lipinski definition) is 2. The number of aliphatic hydroxyl groups is 1. The molecular weight excluding hydrogens is 468 g/mol. The molecule has 0 saturated heterocycles. The van der Waals surface area contributed by atoms with Gasteiger partial charge in [-0.2, -0.15) is 15.3 Å². The second kappa shape index (κ2) is 8.67. The maximum atomic E-state index is 9.94. The lowest BCUT2D eigenvalue weighted by Crippen LogP contribution is -2.32. The zero-order valence-corrected chi connectivity index (χ0v) is 22.1. The number of aryl methyl sites for hydroxylation is 3. The van der Waals surface area contributed by atoms with Crippen molar-refractivity contribution in [2.45, 2.75) is 46.4 Å². The number of hydrogen-bond acceptors (Lipinski definition) is 7. The number of H-pyrrole nitrogens is 1. The van der Waals surface area contributed by atoms with Gasteiger partial charge in [0, 0.05) is 36.5 Å². The summed E-state index contributed by atoms with van der Waals surface area (Å²) in [5, 5.41) is 29.4. The van der Waals surface area contributed by atoms with Crippen LogP contribution in [-0.2, 0) is 13.6 Å². The average Bonchev–Trinajstić information content (AvgIpc) is 3.51. The fourth-order valence-corrected chi connectivity index (χ4v) is 5.48. The molecular formula is C27H32N8O2. The van der Waals surface area contributed by atoms with Crippen molar-refractivity contribution in [2.24, 2.45) is 7.05 Å². The maximum Gasteiger partial charge on any atom is 0.221 e. The second-order valence-electron chi connectivity index (χ2n) is 10.3. The summed E-state index contributed by atoms with van der Waals surface area (Å²) >= 11 is 0. The summed E-state index contributed by atoms with van der Waals surface area (Å²) in [5.41, 5.74) is 8.16. The minimum atomic E-state index is -0.141. The van der Waals surface area contributed by atoms with E-state index in [0.717, 1.165) is 61.4 Å². The minimum absolute atomic E-state index is 0.0126. The topological polar surface area (TPSA) is 110 Å². The van der Waals surface area contributed by atoms with Gasteiger partial charge in [-0.25, -0.2) is 4.68 Å². The van der Waals surface area contributed by atoms with Crippen LogP contribution in [0, 0.1) is 13.8 Å². The molecule has 0 aliphatic carbocycles. The molecule has 0 amide bonds. The van der Waals surface area contributed by atoms with Gasteiger partial charge in [0.05, 0.1) is 52.0 Å². The molecule has 4 aromatic heterocycles. The van der Waals surface area contributed by atoms with E-state index in [-0.39, 0.29) is 18.8 Å². The molecule has 10 nitrogen and oxygen atoms in total. The molecule has 2 atom stereocenters. The molecule has 192 valence electrons. The Balaban J connectivity index is 1.65. The van der Waals surface area contributed by atoms with Crippen molar-refractivity contribution in [2.75, 3.05) is 20.2 Å². The van der Waals surface area contributed by atoms with Crippen LogP contribution in [0.4, 0.5) is 0 Å². The number of ether oxygens (including phenoxy) is 1. The zero-order valence-electron chi connectivity index (χ0n) is 22.1. The van der Waals surface area contributed by atoms with Crippen molar-refractivity contribution in [3.8, 4) is 28.4 Å². The van der Waals surface area contributed by atoms with Gasteiger partial charge in [0.1, 0.15) is 11.8 Å². The van der Waals surface area contributed by atoms with E-state index in [4.69, 9.17) is 19.9 Å². The van der Waals surface area contributed by atoms with Gasteiger partial charge in [0.25, 0.3) is 0 Å². The quantitative estimate of drug-likeness (QED) is 0.380. The summed E-state index contributed by atoms with van der Waals surface area (Å²) in [5.74, 6) is 0.700. The van der Waals surface area contributed by atoms with E-state index in [1.54, 1.807) is 4.68 Å². The molecule has 1 aliphatic rings. The predicted molar refractivity (Wildman–Crippen MR) is 143 cm³/mol. The van der Waals surface area contributed by atoms with Gasteiger partial charge >= 0.3 is 0 Å². The molecule has 0 spiro atoms. The van der Waals surface area contributed by atoms with E-state index in [1.165, 1.54) is 0 Å². The van der Waals surface area contributed by atoms with Crippen molar-refractivity contribution in [1.82, 2.24) is 39.6 Å². The van der Waals surface area contributed by atoms with Crippen LogP contribution in [0.25, 0.3) is 44.3 Å². The van der Waals surface area contributed by atoms with E-state index in [1.807, 2.05) is 38.6 Å². The number of pyridine rings is 1. The van der Waals surface area contributed by atoms with Crippen LogP contribution in [0.3, 0.4) is 0 Å². The number of aliphatic hydroxyl groups excluding tert-OH is 1. The van der Waals surface area contributed by atoms with Crippen molar-refractivity contribution >= 4 is 21.8 Å². The van der Waals surface area contributed by atoms with Crippen molar-refractivity contribution < 1.29 is 9.84 Å². The van der Waals surface area contributed by atoms with E-state index < -0.39 is 0 Å². The molecule has 1 aromatic carbocycles. The third-order valence-electron chi connectivity index (χ3n) is 7.22. The normalized spacial score (nSPS) is 17.2. The highest BCUT2D eigenvalue weighted by atomic mass is 16.5. The summed E-state index contributed by atoms with van der Waals surface area (Å²) < 4.78 is 10.3. The Bertz CT molecular complexity index is 1650. The number of likely N-dealkylation sites (N-methyl/N-ethyl adjacent to an activating group) is 1. The summed E-state index contributed by atoms with van der Waals surface area (Å²) in [6.07, 6.45) is -0.105. The molecule has 5 aromatic rings. The van der Waals surface area contributed by atoms with E-state index in [9.17, 15) is 5.11 Å². The van der Waals surface area contributed by atoms with Gasteiger partial charge in [0.2, 0.25) is 5.88 Å². The van der Waals surface area contributed by atoms with Crippen LogP contribution in [0.5, 0.6) is 5.88 Å². The highest BCUT2D eigenvalue weighted by Crippen LogP contribution is 2.38. The average molecular weight is 501 g/mol. The summed E-state index contributed by atoms with van der Waals surface area (Å²) in [6, 6.07) is 8.20. The lowest BCUT2D eigenvalue weighted by molar-refractivity contribution is 0.145. The third-order valence-corrected chi connectivity index (χ3v) is 7.22. The van der Waals surface area contributed by atoms with Crippen LogP contribution in [0.15, 0.2) is 24.3 Å². The SMILES string of the molecule is Cc1nn(C)c2c1-c1cc3c(n[nH]c3c(C)n1)-c1ccc3nn(C(C)CO)c(c3c1)CN(C)CC(C)O2. The van der Waals surface area contributed by atoms with Crippen molar-refractivity contribution in [3.63, 3.8) is 0 Å². The molecule has 6 rings (SSSR count). The highest BCUT2D eigenvalue weighted by molar-refractivity contribution is 5.98. The number of fused-ring (bicyclic) bond motifs is 5. The molecule has 0 fully saturated rings. The van der Waals surface area contributed by atoms with Gasteiger partial charge in [0.15, 0.2) is 0 Å². The van der Waals surface area contributed by atoms with E-state index in [0.29, 0.717) is 19.0 Å². The van der Waals surface area contributed by atoms with Crippen LogP contribution < -0.4 is 4.74 Å². The predicted octanol–water partition coefficient (Wildman–Crippen LogP) is 3.76. The lowest BCUT2D eigenvalue weighted by atomic mass is 10.0. The number of nitrogens with one attached hydrogen (secondary N) is 1. The van der Waals surface area contributed by atoms with E-state index >= 15 is 0 Å². The second-order valence-corrected chi connectivity index (χ2v) is 10.3. The monoisotopic (exact) mass is 500 g/mol. The van der Waals surface area contributed by atoms with Crippen molar-refractivity contribution in [3.05, 3.63) is 41.3 Å².